The largest absolute Gasteiger partial charge is 0.298 e. The van der Waals surface area contributed by atoms with Crippen LogP contribution < -0.4 is 10.9 Å². The predicted octanol–water partition coefficient (Wildman–Crippen LogP) is 2.93. The monoisotopic (exact) mass is 342 g/mol. The number of carbonyl (C=O) groups is 1. The van der Waals surface area contributed by atoms with Crippen molar-refractivity contribution in [3.63, 3.8) is 0 Å². The van der Waals surface area contributed by atoms with Gasteiger partial charge in [0, 0.05) is 17.8 Å². The first kappa shape index (κ1) is 14.0. The molecule has 0 aliphatic heterocycles. The molecule has 4 rings (SSSR count). The number of aryl methyl sites for hydroxylation is 1. The van der Waals surface area contributed by atoms with Crippen LogP contribution in [0, 0.1) is 6.92 Å². The van der Waals surface area contributed by atoms with Gasteiger partial charge in [-0.2, -0.15) is 0 Å². The van der Waals surface area contributed by atoms with Crippen LogP contribution in [-0.2, 0) is 0 Å². The van der Waals surface area contributed by atoms with E-state index in [9.17, 15) is 9.59 Å². The molecule has 0 atom stereocenters. The lowest BCUT2D eigenvalue weighted by atomic mass is 10.2. The lowest BCUT2D eigenvalue weighted by Gasteiger charge is -2.01. The van der Waals surface area contributed by atoms with Gasteiger partial charge in [-0.3, -0.25) is 19.3 Å². The van der Waals surface area contributed by atoms with Gasteiger partial charge in [-0.15, -0.1) is 11.3 Å². The fourth-order valence-electron chi connectivity index (χ4n) is 2.28. The number of thiazole rings is 2. The fourth-order valence-corrected chi connectivity index (χ4v) is 3.90. The Hall–Kier alpha value is -2.58. The van der Waals surface area contributed by atoms with Gasteiger partial charge in [-0.1, -0.05) is 23.5 Å². The number of carbonyl (C=O) groups excluding carboxylic acids is 1. The van der Waals surface area contributed by atoms with Crippen LogP contribution in [-0.4, -0.2) is 20.3 Å². The van der Waals surface area contributed by atoms with Crippen LogP contribution in [0.15, 0.2) is 40.8 Å². The van der Waals surface area contributed by atoms with E-state index in [-0.39, 0.29) is 11.1 Å². The van der Waals surface area contributed by atoms with Crippen LogP contribution in [0.3, 0.4) is 0 Å². The quantitative estimate of drug-likeness (QED) is 0.608. The van der Waals surface area contributed by atoms with Crippen molar-refractivity contribution in [3.8, 4) is 0 Å². The van der Waals surface area contributed by atoms with Crippen molar-refractivity contribution in [1.29, 1.82) is 0 Å². The van der Waals surface area contributed by atoms with Crippen LogP contribution in [0.1, 0.15) is 15.9 Å². The van der Waals surface area contributed by atoms with E-state index in [2.05, 4.69) is 15.3 Å². The summed E-state index contributed by atoms with van der Waals surface area (Å²) in [4.78, 5) is 33.8. The van der Waals surface area contributed by atoms with Gasteiger partial charge in [-0.25, -0.2) is 9.97 Å². The molecule has 6 nitrogen and oxygen atoms in total. The summed E-state index contributed by atoms with van der Waals surface area (Å²) in [7, 11) is 0. The molecule has 0 fully saturated rings. The standard InChI is InChI=1S/C15H10N4O2S2/c1-8-3-2-4-10-11(8)17-14(23-10)18-12(20)9-7-16-15-19(13(9)21)5-6-22-15/h2-7H,1H3,(H,17,18,20). The molecule has 1 amide bonds. The molecule has 3 aromatic heterocycles. The zero-order valence-electron chi connectivity index (χ0n) is 11.9. The number of hydrogen-bond acceptors (Lipinski definition) is 6. The highest BCUT2D eigenvalue weighted by molar-refractivity contribution is 7.22. The molecule has 0 bridgehead atoms. The van der Waals surface area contributed by atoms with Crippen molar-refractivity contribution in [2.45, 2.75) is 6.92 Å². The molecule has 23 heavy (non-hydrogen) atoms. The summed E-state index contributed by atoms with van der Waals surface area (Å²) < 4.78 is 2.35. The molecular weight excluding hydrogens is 332 g/mol. The van der Waals surface area contributed by atoms with Gasteiger partial charge in [0.2, 0.25) is 0 Å². The minimum atomic E-state index is -0.500. The van der Waals surface area contributed by atoms with Gasteiger partial charge < -0.3 is 0 Å². The molecule has 0 spiro atoms. The number of aromatic nitrogens is 3. The zero-order chi connectivity index (χ0) is 16.0. The third kappa shape index (κ3) is 2.32. The summed E-state index contributed by atoms with van der Waals surface area (Å²) in [5.74, 6) is -0.500. The fraction of sp³-hybridized carbons (Fsp3) is 0.0667. The molecule has 1 N–H and O–H groups in total. The molecule has 0 radical (unpaired) electrons. The molecule has 3 heterocycles. The van der Waals surface area contributed by atoms with Crippen molar-refractivity contribution in [3.05, 3.63) is 57.5 Å². The highest BCUT2D eigenvalue weighted by Crippen LogP contribution is 2.28. The highest BCUT2D eigenvalue weighted by Gasteiger charge is 2.16. The summed E-state index contributed by atoms with van der Waals surface area (Å²) >= 11 is 2.72. The summed E-state index contributed by atoms with van der Waals surface area (Å²) in [5.41, 5.74) is 1.51. The Bertz CT molecular complexity index is 1110. The van der Waals surface area contributed by atoms with Crippen molar-refractivity contribution in [2.75, 3.05) is 5.32 Å². The van der Waals surface area contributed by atoms with Crippen molar-refractivity contribution < 1.29 is 4.79 Å². The molecule has 0 aliphatic rings. The summed E-state index contributed by atoms with van der Waals surface area (Å²) in [6, 6.07) is 5.86. The number of para-hydroxylation sites is 1. The summed E-state index contributed by atoms with van der Waals surface area (Å²) in [6.45, 7) is 1.97. The highest BCUT2D eigenvalue weighted by atomic mass is 32.1. The van der Waals surface area contributed by atoms with E-state index < -0.39 is 5.91 Å². The number of hydrogen-bond donors (Lipinski definition) is 1. The normalized spacial score (nSPS) is 11.2. The third-order valence-electron chi connectivity index (χ3n) is 3.43. The van der Waals surface area contributed by atoms with Crippen LogP contribution in [0.2, 0.25) is 0 Å². The van der Waals surface area contributed by atoms with E-state index in [1.807, 2.05) is 25.1 Å². The summed E-state index contributed by atoms with van der Waals surface area (Å²) in [6.07, 6.45) is 2.91. The number of nitrogens with one attached hydrogen (secondary N) is 1. The van der Waals surface area contributed by atoms with Crippen LogP contribution in [0.25, 0.3) is 15.2 Å². The molecule has 0 saturated heterocycles. The molecule has 114 valence electrons. The number of anilines is 1. The van der Waals surface area contributed by atoms with E-state index in [1.165, 1.54) is 33.3 Å². The maximum Gasteiger partial charge on any atom is 0.271 e. The number of fused-ring (bicyclic) bond motifs is 2. The van der Waals surface area contributed by atoms with Gasteiger partial charge in [0.15, 0.2) is 10.1 Å². The van der Waals surface area contributed by atoms with Gasteiger partial charge in [0.05, 0.1) is 10.2 Å². The van der Waals surface area contributed by atoms with Crippen LogP contribution in [0.4, 0.5) is 5.13 Å². The van der Waals surface area contributed by atoms with Crippen LogP contribution in [0.5, 0.6) is 0 Å². The molecule has 0 aliphatic carbocycles. The molecule has 4 aromatic rings. The average Bonchev–Trinajstić information content (AvgIpc) is 3.14. The topological polar surface area (TPSA) is 76.4 Å². The van der Waals surface area contributed by atoms with Crippen molar-refractivity contribution in [2.24, 2.45) is 0 Å². The second-order valence-corrected chi connectivity index (χ2v) is 6.83. The number of amides is 1. The van der Waals surface area contributed by atoms with E-state index >= 15 is 0 Å². The average molecular weight is 342 g/mol. The van der Waals surface area contributed by atoms with E-state index in [0.29, 0.717) is 10.1 Å². The first-order valence-corrected chi connectivity index (χ1v) is 8.45. The Morgan fingerprint density at radius 1 is 1.35 bits per heavy atom. The van der Waals surface area contributed by atoms with Gasteiger partial charge in [-0.05, 0) is 18.6 Å². The SMILES string of the molecule is Cc1cccc2sc(NC(=O)c3cnc4sccn4c3=O)nc12. The summed E-state index contributed by atoms with van der Waals surface area (Å²) in [5, 5.41) is 4.91. The van der Waals surface area contributed by atoms with Gasteiger partial charge in [0.1, 0.15) is 5.56 Å². The van der Waals surface area contributed by atoms with Gasteiger partial charge in [0.25, 0.3) is 11.5 Å². The predicted molar refractivity (Wildman–Crippen MR) is 91.6 cm³/mol. The lowest BCUT2D eigenvalue weighted by Crippen LogP contribution is -2.25. The van der Waals surface area contributed by atoms with Crippen molar-refractivity contribution >= 4 is 48.9 Å². The maximum atomic E-state index is 12.4. The van der Waals surface area contributed by atoms with Gasteiger partial charge >= 0.3 is 0 Å². The van der Waals surface area contributed by atoms with E-state index in [1.54, 1.807) is 11.6 Å². The molecule has 1 aromatic carbocycles. The molecular formula is C15H10N4O2S2. The zero-order valence-corrected chi connectivity index (χ0v) is 13.6. The smallest absolute Gasteiger partial charge is 0.271 e. The number of benzene rings is 1. The maximum absolute atomic E-state index is 12.4. The molecule has 0 saturated carbocycles. The Labute approximate surface area is 138 Å². The molecule has 8 heteroatoms. The molecule has 0 unspecified atom stereocenters. The number of rotatable bonds is 2. The second-order valence-electron chi connectivity index (χ2n) is 4.93. The Morgan fingerprint density at radius 2 is 2.22 bits per heavy atom. The minimum Gasteiger partial charge on any atom is -0.298 e. The second kappa shape index (κ2) is 5.25. The Balaban J connectivity index is 1.71. The Kier molecular flexibility index (Phi) is 3.21. The van der Waals surface area contributed by atoms with E-state index in [0.717, 1.165) is 15.8 Å². The van der Waals surface area contributed by atoms with Crippen molar-refractivity contribution in [1.82, 2.24) is 14.4 Å². The first-order chi connectivity index (χ1) is 11.1. The Morgan fingerprint density at radius 3 is 3.04 bits per heavy atom. The minimum absolute atomic E-state index is 0.00289. The number of nitrogens with zero attached hydrogens (tertiary/aromatic N) is 3. The first-order valence-electron chi connectivity index (χ1n) is 6.76. The third-order valence-corrected chi connectivity index (χ3v) is 5.14. The lowest BCUT2D eigenvalue weighted by molar-refractivity contribution is 0.102. The van der Waals surface area contributed by atoms with E-state index in [4.69, 9.17) is 0 Å². The van der Waals surface area contributed by atoms with Crippen LogP contribution >= 0.6 is 22.7 Å².